The van der Waals surface area contributed by atoms with E-state index < -0.39 is 0 Å². The van der Waals surface area contributed by atoms with Gasteiger partial charge in [0.15, 0.2) is 0 Å². The van der Waals surface area contributed by atoms with Crippen LogP contribution in [0.2, 0.25) is 5.02 Å². The van der Waals surface area contributed by atoms with Gasteiger partial charge in [-0.25, -0.2) is 0 Å². The molecule has 3 nitrogen and oxygen atoms in total. The first-order valence-electron chi connectivity index (χ1n) is 8.32. The van der Waals surface area contributed by atoms with Crippen molar-refractivity contribution >= 4 is 17.5 Å². The molecule has 0 aromatic heterocycles. The topological polar surface area (TPSA) is 38.3 Å². The number of carbonyl (C=O) groups is 1. The van der Waals surface area contributed by atoms with Crippen LogP contribution in [0.15, 0.2) is 48.5 Å². The molecule has 0 aliphatic heterocycles. The third-order valence-electron chi connectivity index (χ3n) is 4.80. The van der Waals surface area contributed by atoms with Crippen molar-refractivity contribution in [2.75, 3.05) is 7.11 Å². The van der Waals surface area contributed by atoms with Crippen LogP contribution in [-0.4, -0.2) is 13.0 Å². The van der Waals surface area contributed by atoms with Crippen molar-refractivity contribution in [1.29, 1.82) is 0 Å². The minimum absolute atomic E-state index is 0.0792. The molecule has 24 heavy (non-hydrogen) atoms. The van der Waals surface area contributed by atoms with Gasteiger partial charge in [0, 0.05) is 11.4 Å². The van der Waals surface area contributed by atoms with E-state index in [1.807, 2.05) is 48.5 Å². The average Bonchev–Trinajstić information content (AvgIpc) is 2.57. The number of aryl methyl sites for hydroxylation is 1. The molecule has 0 atom stereocenters. The number of methoxy groups -OCH3 is 1. The van der Waals surface area contributed by atoms with Crippen molar-refractivity contribution in [3.63, 3.8) is 0 Å². The van der Waals surface area contributed by atoms with Crippen LogP contribution in [0.25, 0.3) is 0 Å². The van der Waals surface area contributed by atoms with Crippen molar-refractivity contribution in [2.24, 2.45) is 0 Å². The summed E-state index contributed by atoms with van der Waals surface area (Å²) >= 11 is 5.98. The van der Waals surface area contributed by atoms with E-state index >= 15 is 0 Å². The molecule has 3 rings (SSSR count). The SMILES string of the molecule is COc1ccccc1CCC(=O)NC1(c2ccc(Cl)cc2)CCC1. The number of halogens is 1. The summed E-state index contributed by atoms with van der Waals surface area (Å²) < 4.78 is 5.35. The fourth-order valence-corrected chi connectivity index (χ4v) is 3.40. The van der Waals surface area contributed by atoms with Crippen molar-refractivity contribution in [3.8, 4) is 5.75 Å². The first-order chi connectivity index (χ1) is 11.6. The Morgan fingerprint density at radius 2 is 1.88 bits per heavy atom. The zero-order chi connectivity index (χ0) is 17.0. The molecule has 126 valence electrons. The van der Waals surface area contributed by atoms with Gasteiger partial charge in [-0.05, 0) is 55.0 Å². The fourth-order valence-electron chi connectivity index (χ4n) is 3.27. The molecule has 0 bridgehead atoms. The second-order valence-corrected chi connectivity index (χ2v) is 6.74. The van der Waals surface area contributed by atoms with E-state index in [2.05, 4.69) is 5.32 Å². The van der Waals surface area contributed by atoms with Crippen molar-refractivity contribution in [2.45, 2.75) is 37.6 Å². The summed E-state index contributed by atoms with van der Waals surface area (Å²) in [5.74, 6) is 0.914. The van der Waals surface area contributed by atoms with Crippen LogP contribution in [0.4, 0.5) is 0 Å². The maximum atomic E-state index is 12.5. The number of hydrogen-bond acceptors (Lipinski definition) is 2. The predicted octanol–water partition coefficient (Wildman–Crippen LogP) is 4.48. The van der Waals surface area contributed by atoms with Crippen molar-refractivity contribution < 1.29 is 9.53 Å². The maximum Gasteiger partial charge on any atom is 0.221 e. The lowest BCUT2D eigenvalue weighted by atomic mass is 9.71. The van der Waals surface area contributed by atoms with E-state index in [0.717, 1.165) is 41.2 Å². The molecule has 1 aliphatic rings. The summed E-state index contributed by atoms with van der Waals surface area (Å²) in [5.41, 5.74) is 1.98. The number of benzene rings is 2. The average molecular weight is 344 g/mol. The normalized spacial score (nSPS) is 15.4. The van der Waals surface area contributed by atoms with Crippen molar-refractivity contribution in [1.82, 2.24) is 5.32 Å². The molecule has 1 fully saturated rings. The highest BCUT2D eigenvalue weighted by atomic mass is 35.5. The number of para-hydroxylation sites is 1. The smallest absolute Gasteiger partial charge is 0.221 e. The van der Waals surface area contributed by atoms with E-state index in [1.54, 1.807) is 7.11 Å². The largest absolute Gasteiger partial charge is 0.496 e. The molecule has 0 heterocycles. The molecule has 0 saturated heterocycles. The van der Waals surface area contributed by atoms with Gasteiger partial charge in [0.2, 0.25) is 5.91 Å². The lowest BCUT2D eigenvalue weighted by molar-refractivity contribution is -0.124. The zero-order valence-corrected chi connectivity index (χ0v) is 14.6. The Morgan fingerprint density at radius 1 is 1.17 bits per heavy atom. The Morgan fingerprint density at radius 3 is 2.50 bits per heavy atom. The third kappa shape index (κ3) is 3.57. The van der Waals surface area contributed by atoms with Gasteiger partial charge < -0.3 is 10.1 Å². The van der Waals surface area contributed by atoms with E-state index in [9.17, 15) is 4.79 Å². The molecule has 2 aromatic rings. The molecule has 1 aliphatic carbocycles. The van der Waals surface area contributed by atoms with E-state index in [4.69, 9.17) is 16.3 Å². The predicted molar refractivity (Wildman–Crippen MR) is 96.4 cm³/mol. The van der Waals surface area contributed by atoms with E-state index in [1.165, 1.54) is 0 Å². The summed E-state index contributed by atoms with van der Waals surface area (Å²) in [4.78, 5) is 12.5. The molecule has 1 N–H and O–H groups in total. The number of ether oxygens (including phenoxy) is 1. The van der Waals surface area contributed by atoms with Gasteiger partial charge in [-0.1, -0.05) is 41.9 Å². The standard InChI is InChI=1S/C20H22ClNO2/c1-24-18-6-3-2-5-15(18)7-12-19(23)22-20(13-4-14-20)16-8-10-17(21)11-9-16/h2-3,5-6,8-11H,4,7,12-14H2,1H3,(H,22,23). The van der Waals surface area contributed by atoms with Gasteiger partial charge in [0.25, 0.3) is 0 Å². The Bertz CT molecular complexity index is 708. The number of nitrogens with one attached hydrogen (secondary N) is 1. The minimum atomic E-state index is -0.220. The number of carbonyl (C=O) groups excluding carboxylic acids is 1. The molecule has 4 heteroatoms. The minimum Gasteiger partial charge on any atom is -0.496 e. The molecule has 1 amide bonds. The maximum absolute atomic E-state index is 12.5. The summed E-state index contributed by atoms with van der Waals surface area (Å²) in [6, 6.07) is 15.6. The highest BCUT2D eigenvalue weighted by molar-refractivity contribution is 6.30. The van der Waals surface area contributed by atoms with Gasteiger partial charge >= 0.3 is 0 Å². The van der Waals surface area contributed by atoms with Crippen LogP contribution in [0.1, 0.15) is 36.8 Å². The molecule has 0 spiro atoms. The quantitative estimate of drug-likeness (QED) is 0.840. The van der Waals surface area contributed by atoms with Gasteiger partial charge in [-0.15, -0.1) is 0 Å². The highest BCUT2D eigenvalue weighted by Crippen LogP contribution is 2.41. The molecule has 0 radical (unpaired) electrons. The van der Waals surface area contributed by atoms with E-state index in [-0.39, 0.29) is 11.4 Å². The van der Waals surface area contributed by atoms with Crippen LogP contribution in [-0.2, 0) is 16.8 Å². The second kappa shape index (κ2) is 7.27. The van der Waals surface area contributed by atoms with Crippen molar-refractivity contribution in [3.05, 3.63) is 64.7 Å². The van der Waals surface area contributed by atoms with Gasteiger partial charge in [-0.2, -0.15) is 0 Å². The van der Waals surface area contributed by atoms with Crippen LogP contribution in [0.5, 0.6) is 5.75 Å². The Labute approximate surface area is 148 Å². The monoisotopic (exact) mass is 343 g/mol. The fraction of sp³-hybridized carbons (Fsp3) is 0.350. The Kier molecular flexibility index (Phi) is 5.10. The Hall–Kier alpha value is -2.00. The molecular formula is C20H22ClNO2. The molecular weight excluding hydrogens is 322 g/mol. The van der Waals surface area contributed by atoms with Crippen LogP contribution >= 0.6 is 11.6 Å². The molecule has 1 saturated carbocycles. The molecule has 0 unspecified atom stereocenters. The zero-order valence-electron chi connectivity index (χ0n) is 13.8. The lowest BCUT2D eigenvalue weighted by Gasteiger charge is -2.43. The lowest BCUT2D eigenvalue weighted by Crippen LogP contribution is -2.50. The van der Waals surface area contributed by atoms with Crippen LogP contribution in [0.3, 0.4) is 0 Å². The van der Waals surface area contributed by atoms with Crippen LogP contribution in [0, 0.1) is 0 Å². The Balaban J connectivity index is 1.64. The van der Waals surface area contributed by atoms with Gasteiger partial charge in [0.1, 0.15) is 5.75 Å². The summed E-state index contributed by atoms with van der Waals surface area (Å²) in [6.07, 6.45) is 4.22. The second-order valence-electron chi connectivity index (χ2n) is 6.30. The highest BCUT2D eigenvalue weighted by Gasteiger charge is 2.39. The first kappa shape index (κ1) is 16.8. The molecule has 2 aromatic carbocycles. The summed E-state index contributed by atoms with van der Waals surface area (Å²) in [7, 11) is 1.66. The van der Waals surface area contributed by atoms with Gasteiger partial charge in [0.05, 0.1) is 12.6 Å². The summed E-state index contributed by atoms with van der Waals surface area (Å²) in [5, 5.41) is 3.97. The van der Waals surface area contributed by atoms with E-state index in [0.29, 0.717) is 12.8 Å². The van der Waals surface area contributed by atoms with Gasteiger partial charge in [-0.3, -0.25) is 4.79 Å². The number of hydrogen-bond donors (Lipinski definition) is 1. The third-order valence-corrected chi connectivity index (χ3v) is 5.05. The first-order valence-corrected chi connectivity index (χ1v) is 8.70. The number of amides is 1. The summed E-state index contributed by atoms with van der Waals surface area (Å²) in [6.45, 7) is 0. The van der Waals surface area contributed by atoms with Crippen LogP contribution < -0.4 is 10.1 Å². The number of rotatable bonds is 6.